The van der Waals surface area contributed by atoms with Gasteiger partial charge in [-0.25, -0.2) is 0 Å². The highest BCUT2D eigenvalue weighted by atomic mass is 16.5. The fourth-order valence-electron chi connectivity index (χ4n) is 1.44. The summed E-state index contributed by atoms with van der Waals surface area (Å²) in [6.45, 7) is 0.418. The number of nitrogens with zero attached hydrogens (tertiary/aromatic N) is 1. The van der Waals surface area contributed by atoms with E-state index in [0.717, 1.165) is 0 Å². The molecule has 0 bridgehead atoms. The third-order valence-corrected chi connectivity index (χ3v) is 2.13. The Bertz CT molecular complexity index is 515. The van der Waals surface area contributed by atoms with Crippen molar-refractivity contribution in [3.63, 3.8) is 0 Å². The zero-order valence-electron chi connectivity index (χ0n) is 7.91. The lowest BCUT2D eigenvalue weighted by atomic mass is 10.0. The predicted octanol–water partition coefficient (Wildman–Crippen LogP) is 1.53. The van der Waals surface area contributed by atoms with Crippen molar-refractivity contribution in [3.8, 4) is 23.7 Å². The lowest BCUT2D eigenvalue weighted by molar-refractivity contribution is 0.0933. The molecular weight excluding hydrogens is 190 g/mol. The molecule has 72 valence electrons. The van der Waals surface area contributed by atoms with Crippen LogP contribution in [0.25, 0.3) is 0 Å². The molecule has 0 unspecified atom stereocenters. The number of Topliss-reactive ketones (excluding diaryl/α,β-unsaturated/α-hetero) is 1. The second-order valence-electron chi connectivity index (χ2n) is 3.09. The molecule has 1 aromatic carbocycles. The van der Waals surface area contributed by atoms with E-state index in [2.05, 4.69) is 11.8 Å². The van der Waals surface area contributed by atoms with Crippen molar-refractivity contribution in [2.24, 2.45) is 0 Å². The van der Waals surface area contributed by atoms with Crippen LogP contribution in [0.1, 0.15) is 22.3 Å². The smallest absolute Gasteiger partial charge is 0.169 e. The normalized spacial score (nSPS) is 12.9. The summed E-state index contributed by atoms with van der Waals surface area (Å²) in [6, 6.07) is 6.84. The van der Waals surface area contributed by atoms with Crippen LogP contribution < -0.4 is 4.74 Å². The Labute approximate surface area is 87.3 Å². The molecule has 0 spiro atoms. The van der Waals surface area contributed by atoms with Crippen LogP contribution in [0.15, 0.2) is 18.2 Å². The Morgan fingerprint density at radius 3 is 3.07 bits per heavy atom. The highest BCUT2D eigenvalue weighted by Crippen LogP contribution is 2.25. The van der Waals surface area contributed by atoms with E-state index in [1.807, 2.05) is 0 Å². The number of hydrogen-bond donors (Lipinski definition) is 0. The molecule has 0 amide bonds. The zero-order chi connectivity index (χ0) is 10.7. The number of nitriles is 1. The summed E-state index contributed by atoms with van der Waals surface area (Å²) in [7, 11) is 0. The van der Waals surface area contributed by atoms with Crippen molar-refractivity contribution in [3.05, 3.63) is 29.3 Å². The number of carbonyl (C=O) groups is 1. The molecule has 1 aliphatic rings. The third-order valence-electron chi connectivity index (χ3n) is 2.13. The molecule has 0 aliphatic carbocycles. The number of carbonyl (C=O) groups excluding carboxylic acids is 1. The van der Waals surface area contributed by atoms with Crippen LogP contribution in [-0.4, -0.2) is 12.4 Å². The molecule has 1 aromatic rings. The monoisotopic (exact) mass is 197 g/mol. The van der Waals surface area contributed by atoms with Crippen LogP contribution >= 0.6 is 0 Å². The molecule has 1 heterocycles. The topological polar surface area (TPSA) is 50.1 Å². The van der Waals surface area contributed by atoms with Crippen molar-refractivity contribution in [2.45, 2.75) is 6.42 Å². The minimum Gasteiger partial charge on any atom is -0.492 e. The lowest BCUT2D eigenvalue weighted by Crippen LogP contribution is -2.15. The van der Waals surface area contributed by atoms with Gasteiger partial charge in [-0.3, -0.25) is 4.79 Å². The van der Waals surface area contributed by atoms with Gasteiger partial charge in [0.2, 0.25) is 0 Å². The van der Waals surface area contributed by atoms with Crippen molar-refractivity contribution >= 4 is 5.78 Å². The summed E-state index contributed by atoms with van der Waals surface area (Å²) in [5.41, 5.74) is 1.29. The van der Waals surface area contributed by atoms with Crippen LogP contribution in [0.3, 0.4) is 0 Å². The first kappa shape index (κ1) is 9.30. The molecule has 0 saturated carbocycles. The first-order valence-electron chi connectivity index (χ1n) is 4.51. The maximum atomic E-state index is 11.4. The van der Waals surface area contributed by atoms with Gasteiger partial charge in [-0.15, -0.1) is 0 Å². The fraction of sp³-hybridized carbons (Fsp3) is 0.167. The fourth-order valence-corrected chi connectivity index (χ4v) is 1.44. The maximum absolute atomic E-state index is 11.4. The Morgan fingerprint density at radius 1 is 1.40 bits per heavy atom. The standard InChI is InChI=1S/C12H7NO2/c13-6-1-2-9-3-4-10-11(14)5-7-15-12(10)8-9/h3-4,8H,5,7H2. The molecule has 3 nitrogen and oxygen atoms in total. The first-order valence-corrected chi connectivity index (χ1v) is 4.51. The second-order valence-corrected chi connectivity index (χ2v) is 3.09. The molecular formula is C12H7NO2. The Morgan fingerprint density at radius 2 is 2.27 bits per heavy atom. The lowest BCUT2D eigenvalue weighted by Gasteiger charge is -2.15. The molecule has 0 saturated heterocycles. The SMILES string of the molecule is N#CC#Cc1ccc2c(c1)OCCC2=O. The van der Waals surface area contributed by atoms with Gasteiger partial charge in [0.1, 0.15) is 5.75 Å². The molecule has 15 heavy (non-hydrogen) atoms. The minimum absolute atomic E-state index is 0.0936. The average molecular weight is 197 g/mol. The number of fused-ring (bicyclic) bond motifs is 1. The molecule has 0 atom stereocenters. The summed E-state index contributed by atoms with van der Waals surface area (Å²) in [5, 5.41) is 8.30. The van der Waals surface area contributed by atoms with E-state index in [9.17, 15) is 4.79 Å². The van der Waals surface area contributed by atoms with E-state index in [-0.39, 0.29) is 5.78 Å². The number of benzene rings is 1. The number of ether oxygens (including phenoxy) is 1. The van der Waals surface area contributed by atoms with E-state index in [1.165, 1.54) is 0 Å². The quantitative estimate of drug-likeness (QED) is 0.592. The van der Waals surface area contributed by atoms with Gasteiger partial charge in [0.25, 0.3) is 0 Å². The van der Waals surface area contributed by atoms with Crippen molar-refractivity contribution in [1.29, 1.82) is 5.26 Å². The molecule has 0 N–H and O–H groups in total. The van der Waals surface area contributed by atoms with Gasteiger partial charge in [-0.05, 0) is 18.2 Å². The van der Waals surface area contributed by atoms with Gasteiger partial charge in [0, 0.05) is 17.9 Å². The summed E-state index contributed by atoms with van der Waals surface area (Å²) in [6.07, 6.45) is 0.427. The van der Waals surface area contributed by atoms with Gasteiger partial charge in [0.05, 0.1) is 12.2 Å². The van der Waals surface area contributed by atoms with Crippen molar-refractivity contribution in [1.82, 2.24) is 0 Å². The third kappa shape index (κ3) is 1.82. The van der Waals surface area contributed by atoms with E-state index in [0.29, 0.717) is 29.9 Å². The highest BCUT2D eigenvalue weighted by Gasteiger charge is 2.17. The highest BCUT2D eigenvalue weighted by molar-refractivity contribution is 5.99. The van der Waals surface area contributed by atoms with Crippen LogP contribution in [0.4, 0.5) is 0 Å². The number of rotatable bonds is 0. The van der Waals surface area contributed by atoms with Crippen molar-refractivity contribution in [2.75, 3.05) is 6.61 Å². The average Bonchev–Trinajstić information content (AvgIpc) is 2.26. The summed E-state index contributed by atoms with van der Waals surface area (Å²) in [5.74, 6) is 5.61. The van der Waals surface area contributed by atoms with Gasteiger partial charge >= 0.3 is 0 Å². The van der Waals surface area contributed by atoms with E-state index in [4.69, 9.17) is 10.00 Å². The molecule has 3 heteroatoms. The first-order chi connectivity index (χ1) is 7.31. The van der Waals surface area contributed by atoms with Gasteiger partial charge in [-0.1, -0.05) is 5.92 Å². The molecule has 1 aliphatic heterocycles. The summed E-state index contributed by atoms with van der Waals surface area (Å²) >= 11 is 0. The molecule has 0 aromatic heterocycles. The number of ketones is 1. The Hall–Kier alpha value is -2.26. The van der Waals surface area contributed by atoms with Crippen LogP contribution in [-0.2, 0) is 0 Å². The van der Waals surface area contributed by atoms with Gasteiger partial charge < -0.3 is 4.74 Å². The van der Waals surface area contributed by atoms with Gasteiger partial charge in [0.15, 0.2) is 11.9 Å². The van der Waals surface area contributed by atoms with Crippen molar-refractivity contribution < 1.29 is 9.53 Å². The minimum atomic E-state index is 0.0936. The predicted molar refractivity (Wildman–Crippen MR) is 53.4 cm³/mol. The summed E-state index contributed by atoms with van der Waals surface area (Å²) in [4.78, 5) is 11.4. The maximum Gasteiger partial charge on any atom is 0.169 e. The van der Waals surface area contributed by atoms with E-state index in [1.54, 1.807) is 24.3 Å². The largest absolute Gasteiger partial charge is 0.492 e. The molecule has 2 rings (SSSR count). The zero-order valence-corrected chi connectivity index (χ0v) is 7.91. The summed E-state index contributed by atoms with van der Waals surface area (Å²) < 4.78 is 5.34. The second kappa shape index (κ2) is 3.86. The van der Waals surface area contributed by atoms with Crippen LogP contribution in [0.2, 0.25) is 0 Å². The van der Waals surface area contributed by atoms with Gasteiger partial charge in [-0.2, -0.15) is 5.26 Å². The van der Waals surface area contributed by atoms with Crippen LogP contribution in [0.5, 0.6) is 5.75 Å². The van der Waals surface area contributed by atoms with Crippen LogP contribution in [0, 0.1) is 23.2 Å². The Kier molecular flexibility index (Phi) is 2.39. The van der Waals surface area contributed by atoms with E-state index >= 15 is 0 Å². The Balaban J connectivity index is 2.42. The van der Waals surface area contributed by atoms with E-state index < -0.39 is 0 Å². The molecule has 0 radical (unpaired) electrons. The molecule has 0 fully saturated rings. The number of hydrogen-bond acceptors (Lipinski definition) is 3.